The molecule has 0 fully saturated rings. The number of primary amides is 1. The number of phenols is 1. The quantitative estimate of drug-likeness (QED) is 0.147. The number of halogens is 1. The first kappa shape index (κ1) is 39.6. The number of carbonyl (C=O) groups is 4. The van der Waals surface area contributed by atoms with Gasteiger partial charge in [0.15, 0.2) is 17.1 Å². The third kappa shape index (κ3) is 6.33. The Morgan fingerprint density at radius 1 is 1.02 bits per heavy atom. The van der Waals surface area contributed by atoms with Gasteiger partial charge >= 0.3 is 16.4 Å². The molecule has 2 aromatic carbocycles. The number of aliphatic hydroxyl groups excluding tert-OH is 3. The topological polar surface area (TPSA) is 314 Å². The highest BCUT2D eigenvalue weighted by Crippen LogP contribution is 2.55. The number of carboxylic acids is 1. The van der Waals surface area contributed by atoms with E-state index in [1.165, 1.54) is 37.2 Å². The third-order valence-corrected chi connectivity index (χ3v) is 8.70. The molecule has 6 atom stereocenters. The maximum Gasteiger partial charge on any atom is 0.446 e. The number of nitrogens with zero attached hydrogens (tertiary/aromatic N) is 1. The van der Waals surface area contributed by atoms with Crippen LogP contribution in [0.3, 0.4) is 0 Å². The molecule has 0 heterocycles. The van der Waals surface area contributed by atoms with Crippen molar-refractivity contribution in [1.82, 2.24) is 4.90 Å². The number of para-hydroxylation sites is 1. The number of hydrogen-bond donors (Lipinski definition) is 8. The van der Waals surface area contributed by atoms with Crippen LogP contribution in [-0.2, 0) is 20.0 Å². The van der Waals surface area contributed by atoms with Crippen molar-refractivity contribution in [2.24, 2.45) is 17.6 Å². The number of phenolic OH excluding ortho intramolecular Hbond substituents is 1. The average Bonchev–Trinajstić information content (AvgIpc) is 2.94. The van der Waals surface area contributed by atoms with Crippen LogP contribution in [0.25, 0.3) is 0 Å². The zero-order valence-electron chi connectivity index (χ0n) is 25.3. The first-order valence-electron chi connectivity index (χ1n) is 13.4. The van der Waals surface area contributed by atoms with Crippen LogP contribution >= 0.6 is 12.4 Å². The Morgan fingerprint density at radius 2 is 1.60 bits per heavy atom. The minimum Gasteiger partial charge on any atom is -0.510 e. The number of ketones is 2. The molecule has 0 radical (unpaired) electrons. The number of hydrogen-bond acceptors (Lipinski definition) is 13. The summed E-state index contributed by atoms with van der Waals surface area (Å²) in [5.74, 6) is -10.6. The molecule has 19 heteroatoms. The predicted molar refractivity (Wildman–Crippen MR) is 166 cm³/mol. The first-order chi connectivity index (χ1) is 21.3. The molecule has 1 amide bonds. The fourth-order valence-electron chi connectivity index (χ4n) is 6.41. The lowest BCUT2D eigenvalue weighted by atomic mass is 9.55. The highest BCUT2D eigenvalue weighted by atomic mass is 35.5. The fourth-order valence-corrected chi connectivity index (χ4v) is 6.78. The van der Waals surface area contributed by atoms with Gasteiger partial charge in [-0.25, -0.2) is 4.79 Å². The number of benzene rings is 2. The summed E-state index contributed by atoms with van der Waals surface area (Å²) in [5.41, 5.74) is 1.02. The fraction of sp³-hybridized carbons (Fsp3) is 0.310. The third-order valence-electron chi connectivity index (χ3n) is 8.31. The van der Waals surface area contributed by atoms with Gasteiger partial charge in [-0.15, -0.1) is 12.4 Å². The number of aromatic carboxylic acids is 1. The molecule has 2 aromatic rings. The van der Waals surface area contributed by atoms with Crippen molar-refractivity contribution in [3.05, 3.63) is 81.8 Å². The molecule has 48 heavy (non-hydrogen) atoms. The number of fused-ring (bicyclic) bond motifs is 3. The molecular formula is C29H33ClN2O15S. The Balaban J connectivity index is 0.000000425. The van der Waals surface area contributed by atoms with Gasteiger partial charge < -0.3 is 46.0 Å². The largest absolute Gasteiger partial charge is 0.510 e. The van der Waals surface area contributed by atoms with Crippen molar-refractivity contribution in [3.8, 4) is 11.5 Å². The van der Waals surface area contributed by atoms with E-state index in [0.717, 1.165) is 12.1 Å². The van der Waals surface area contributed by atoms with Gasteiger partial charge in [-0.3, -0.25) is 23.8 Å². The smallest absolute Gasteiger partial charge is 0.446 e. The highest BCUT2D eigenvalue weighted by molar-refractivity contribution is 7.81. The van der Waals surface area contributed by atoms with Gasteiger partial charge in [-0.05, 0) is 43.8 Å². The number of aliphatic hydroxyl groups is 4. The number of rotatable bonds is 5. The molecule has 262 valence electrons. The molecule has 0 aromatic heterocycles. The van der Waals surface area contributed by atoms with E-state index < -0.39 is 97.8 Å². The lowest BCUT2D eigenvalue weighted by molar-refractivity contribution is -0.162. The SMILES string of the molecule is C[C@H]1c2cccc(O)c2C(=O)C2=C(O)[C@]3(O)C(=O)C(C(N)=O)=C(O)[C@@H](N(C)C)[C@@H]3[C@@H](O)[C@@H]21.Cl.O.O=C(O)c1ccccc1OS(=O)(=O)O. The zero-order valence-corrected chi connectivity index (χ0v) is 26.9. The Labute approximate surface area is 278 Å². The van der Waals surface area contributed by atoms with Crippen molar-refractivity contribution in [1.29, 1.82) is 0 Å². The summed E-state index contributed by atoms with van der Waals surface area (Å²) in [7, 11) is -1.72. The number of likely N-dealkylation sites (N-methyl/N-ethyl adjacent to an activating group) is 1. The number of carbonyl (C=O) groups excluding carboxylic acids is 3. The molecule has 5 rings (SSSR count). The number of aromatic hydroxyl groups is 1. The van der Waals surface area contributed by atoms with Crippen LogP contribution in [0.1, 0.15) is 39.1 Å². The monoisotopic (exact) mass is 716 g/mol. The minimum absolute atomic E-state index is 0. The normalized spacial score (nSPS) is 26.1. The van der Waals surface area contributed by atoms with Gasteiger partial charge in [-0.2, -0.15) is 8.42 Å². The van der Waals surface area contributed by atoms with E-state index in [-0.39, 0.29) is 34.8 Å². The van der Waals surface area contributed by atoms with Crippen LogP contribution in [-0.4, -0.2) is 109 Å². The van der Waals surface area contributed by atoms with Crippen molar-refractivity contribution >= 4 is 46.2 Å². The number of nitrogens with two attached hydrogens (primary N) is 1. The molecule has 0 spiro atoms. The van der Waals surface area contributed by atoms with Crippen LogP contribution in [0, 0.1) is 11.8 Å². The van der Waals surface area contributed by atoms with Crippen LogP contribution in [0.5, 0.6) is 11.5 Å². The maximum atomic E-state index is 13.3. The molecule has 3 aliphatic rings. The molecule has 0 unspecified atom stereocenters. The molecule has 11 N–H and O–H groups in total. The van der Waals surface area contributed by atoms with Gasteiger partial charge in [0.25, 0.3) is 5.91 Å². The molecule has 17 nitrogen and oxygen atoms in total. The maximum absolute atomic E-state index is 13.3. The molecule has 0 saturated carbocycles. The number of amides is 1. The molecule has 0 aliphatic heterocycles. The Hall–Kier alpha value is -4.56. The summed E-state index contributed by atoms with van der Waals surface area (Å²) < 4.78 is 33.0. The predicted octanol–water partition coefficient (Wildman–Crippen LogP) is -0.184. The van der Waals surface area contributed by atoms with Gasteiger partial charge in [-0.1, -0.05) is 31.2 Å². The van der Waals surface area contributed by atoms with E-state index >= 15 is 0 Å². The van der Waals surface area contributed by atoms with Crippen LogP contribution in [0.15, 0.2) is 65.1 Å². The molecule has 3 aliphatic carbocycles. The Morgan fingerprint density at radius 3 is 2.12 bits per heavy atom. The highest BCUT2D eigenvalue weighted by Gasteiger charge is 2.67. The van der Waals surface area contributed by atoms with Crippen LogP contribution < -0.4 is 9.92 Å². The summed E-state index contributed by atoms with van der Waals surface area (Å²) in [5, 5.41) is 63.6. The van der Waals surface area contributed by atoms with Gasteiger partial charge in [0, 0.05) is 11.5 Å². The van der Waals surface area contributed by atoms with E-state index in [1.54, 1.807) is 19.1 Å². The summed E-state index contributed by atoms with van der Waals surface area (Å²) in [6.45, 7) is 1.68. The zero-order chi connectivity index (χ0) is 34.6. The molecule has 0 saturated heterocycles. The Bertz CT molecular complexity index is 1840. The lowest BCUT2D eigenvalue weighted by Gasteiger charge is -2.53. The standard InChI is InChI=1S/C22H24N2O8.C7H6O6S.ClH.H2O/c1-7-8-5-4-6-9(25)11(8)16(26)12-10(7)17(27)14-15(24(2)3)18(28)13(21(23)31)20(30)22(14,32)19(12)29;8-7(9)5-3-1-2-4-6(5)13-14(10,11)12;;/h4-7,10,14-15,17,25,27-29,32H,1-3H3,(H2,23,31);1-4H,(H,8,9)(H,10,11,12);1H;1H2/t7-,10+,14+,15-,17-,22-;;;/m0.../s1. The van der Waals surface area contributed by atoms with Crippen LogP contribution in [0.2, 0.25) is 0 Å². The van der Waals surface area contributed by atoms with Crippen molar-refractivity contribution in [3.63, 3.8) is 0 Å². The molecule has 0 bridgehead atoms. The van der Waals surface area contributed by atoms with Crippen molar-refractivity contribution in [2.75, 3.05) is 14.1 Å². The van der Waals surface area contributed by atoms with E-state index in [9.17, 15) is 53.1 Å². The summed E-state index contributed by atoms with van der Waals surface area (Å²) >= 11 is 0. The van der Waals surface area contributed by atoms with E-state index in [0.29, 0.717) is 5.56 Å². The van der Waals surface area contributed by atoms with Crippen molar-refractivity contribution < 1.29 is 72.4 Å². The average molecular weight is 717 g/mol. The summed E-state index contributed by atoms with van der Waals surface area (Å²) in [6.07, 6.45) is -1.59. The minimum atomic E-state index is -4.70. The van der Waals surface area contributed by atoms with E-state index in [4.69, 9.17) is 15.4 Å². The lowest BCUT2D eigenvalue weighted by Crippen LogP contribution is -2.68. The first-order valence-corrected chi connectivity index (χ1v) is 14.8. The summed E-state index contributed by atoms with van der Waals surface area (Å²) in [6, 6.07) is 8.23. The van der Waals surface area contributed by atoms with Gasteiger partial charge in [0.2, 0.25) is 5.78 Å². The van der Waals surface area contributed by atoms with Crippen molar-refractivity contribution in [2.45, 2.75) is 30.6 Å². The number of carboxylic acid groups (broad SMARTS) is 1. The second-order valence-electron chi connectivity index (χ2n) is 11.1. The Kier molecular flexibility index (Phi) is 11.5. The van der Waals surface area contributed by atoms with Crippen LogP contribution in [0.4, 0.5) is 0 Å². The van der Waals surface area contributed by atoms with E-state index in [1.807, 2.05) is 0 Å². The van der Waals surface area contributed by atoms with Gasteiger partial charge in [0.1, 0.15) is 28.4 Å². The second-order valence-corrected chi connectivity index (χ2v) is 12.1. The van der Waals surface area contributed by atoms with E-state index in [2.05, 4.69) is 4.18 Å². The number of Topliss-reactive ketones (excluding diaryl/α,β-unsaturated/α-hetero) is 2. The second kappa shape index (κ2) is 13.9. The molecular weight excluding hydrogens is 684 g/mol. The van der Waals surface area contributed by atoms with Gasteiger partial charge in [0.05, 0.1) is 23.6 Å². The summed E-state index contributed by atoms with van der Waals surface area (Å²) in [4.78, 5) is 50.4.